The highest BCUT2D eigenvalue weighted by atomic mass is 16.5. The van der Waals surface area contributed by atoms with Crippen LogP contribution in [0.3, 0.4) is 0 Å². The number of ether oxygens (including phenoxy) is 3. The van der Waals surface area contributed by atoms with E-state index in [0.717, 1.165) is 18.2 Å². The molecule has 48 heavy (non-hydrogen) atoms. The van der Waals surface area contributed by atoms with Crippen LogP contribution >= 0.6 is 0 Å². The van der Waals surface area contributed by atoms with Crippen molar-refractivity contribution in [1.82, 2.24) is 0 Å². The zero-order valence-electron chi connectivity index (χ0n) is 28.2. The van der Waals surface area contributed by atoms with Crippen molar-refractivity contribution in [3.05, 3.63) is 38.0 Å². The van der Waals surface area contributed by atoms with Gasteiger partial charge in [0.25, 0.3) is 0 Å². The lowest BCUT2D eigenvalue weighted by Crippen LogP contribution is -2.55. The third kappa shape index (κ3) is 14.0. The van der Waals surface area contributed by atoms with Crippen molar-refractivity contribution in [2.75, 3.05) is 19.8 Å². The molecule has 0 atom stereocenters. The van der Waals surface area contributed by atoms with Crippen LogP contribution < -0.4 is 0 Å². The summed E-state index contributed by atoms with van der Waals surface area (Å²) in [5.74, 6) is -5.14. The van der Waals surface area contributed by atoms with Gasteiger partial charge < -0.3 is 29.5 Å². The maximum absolute atomic E-state index is 13.1. The van der Waals surface area contributed by atoms with Gasteiger partial charge in [0.05, 0.1) is 36.1 Å². The topological polar surface area (TPSA) is 191 Å². The minimum absolute atomic E-state index is 0.127. The standard InChI is InChI=1S/C36H54O12/c1-4-28(37)46-22-16-10-7-13-19-34(31(40)41)25-35(32(42)43,20-14-8-11-17-23-47-29(38)5-2)27-36(26-34,33(44)45)21-15-9-12-18-24-48-30(39)6-3/h4-6H,1-3,7-27H2,(H,40,41)(H,42,43)(H,44,45). The Morgan fingerprint density at radius 1 is 0.438 bits per heavy atom. The molecule has 0 amide bonds. The third-order valence-corrected chi connectivity index (χ3v) is 9.27. The lowest BCUT2D eigenvalue weighted by atomic mass is 9.49. The van der Waals surface area contributed by atoms with Crippen LogP contribution in [0.5, 0.6) is 0 Å². The molecule has 0 aromatic rings. The van der Waals surface area contributed by atoms with Gasteiger partial charge in [-0.25, -0.2) is 14.4 Å². The highest BCUT2D eigenvalue weighted by Crippen LogP contribution is 2.60. The summed E-state index contributed by atoms with van der Waals surface area (Å²) in [7, 11) is 0. The number of unbranched alkanes of at least 4 members (excludes halogenated alkanes) is 9. The van der Waals surface area contributed by atoms with E-state index in [0.29, 0.717) is 77.0 Å². The molecular formula is C36H54O12. The quantitative estimate of drug-likeness (QED) is 0.0374. The average molecular weight is 679 g/mol. The van der Waals surface area contributed by atoms with Gasteiger partial charge in [-0.3, -0.25) is 14.4 Å². The van der Waals surface area contributed by atoms with Crippen LogP contribution in [0.2, 0.25) is 0 Å². The van der Waals surface area contributed by atoms with Crippen molar-refractivity contribution in [3.63, 3.8) is 0 Å². The Balaban J connectivity index is 3.14. The molecule has 1 aliphatic carbocycles. The minimum Gasteiger partial charge on any atom is -0.481 e. The Bertz CT molecular complexity index is 980. The fourth-order valence-electron chi connectivity index (χ4n) is 6.89. The van der Waals surface area contributed by atoms with Crippen molar-refractivity contribution in [2.45, 2.75) is 116 Å². The van der Waals surface area contributed by atoms with E-state index in [1.54, 1.807) is 0 Å². The highest BCUT2D eigenvalue weighted by Gasteiger charge is 2.62. The summed E-state index contributed by atoms with van der Waals surface area (Å²) in [5.41, 5.74) is -4.66. The van der Waals surface area contributed by atoms with Crippen LogP contribution in [-0.2, 0) is 43.0 Å². The third-order valence-electron chi connectivity index (χ3n) is 9.27. The first-order valence-electron chi connectivity index (χ1n) is 16.9. The molecule has 0 spiro atoms. The second-order valence-corrected chi connectivity index (χ2v) is 12.9. The van der Waals surface area contributed by atoms with Gasteiger partial charge in [-0.15, -0.1) is 0 Å². The average Bonchev–Trinajstić information content (AvgIpc) is 3.06. The molecule has 12 heteroatoms. The molecule has 0 aromatic heterocycles. The van der Waals surface area contributed by atoms with Crippen LogP contribution in [-0.4, -0.2) is 71.0 Å². The van der Waals surface area contributed by atoms with Gasteiger partial charge in [0.2, 0.25) is 0 Å². The fourth-order valence-corrected chi connectivity index (χ4v) is 6.89. The normalized spacial score (nSPS) is 21.8. The number of aliphatic carboxylic acids is 3. The van der Waals surface area contributed by atoms with E-state index in [1.165, 1.54) is 0 Å². The number of esters is 3. The molecule has 0 unspecified atom stereocenters. The fraction of sp³-hybridized carbons (Fsp3) is 0.667. The zero-order chi connectivity index (χ0) is 36.1. The predicted octanol–water partition coefficient (Wildman–Crippen LogP) is 6.42. The molecule has 0 heterocycles. The summed E-state index contributed by atoms with van der Waals surface area (Å²) in [5, 5.41) is 32.0. The molecule has 270 valence electrons. The predicted molar refractivity (Wildman–Crippen MR) is 177 cm³/mol. The Labute approximate surface area is 283 Å². The van der Waals surface area contributed by atoms with Crippen molar-refractivity contribution in [3.8, 4) is 0 Å². The van der Waals surface area contributed by atoms with Gasteiger partial charge in [-0.1, -0.05) is 77.5 Å². The molecule has 0 radical (unpaired) electrons. The van der Waals surface area contributed by atoms with Gasteiger partial charge in [0.1, 0.15) is 0 Å². The van der Waals surface area contributed by atoms with Crippen molar-refractivity contribution < 1.29 is 58.3 Å². The monoisotopic (exact) mass is 678 g/mol. The molecule has 0 saturated heterocycles. The molecule has 3 N–H and O–H groups in total. The SMILES string of the molecule is C=CC(=O)OCCCCCCC1(C(=O)O)CC(CCCCCCOC(=O)C=C)(C(=O)O)CC(CCCCCCOC(=O)C=C)(C(=O)O)C1. The molecule has 1 saturated carbocycles. The number of carbonyl (C=O) groups excluding carboxylic acids is 3. The van der Waals surface area contributed by atoms with Crippen LogP contribution in [0.4, 0.5) is 0 Å². The molecule has 0 aliphatic heterocycles. The van der Waals surface area contributed by atoms with E-state index in [9.17, 15) is 44.1 Å². The molecule has 0 bridgehead atoms. The first-order valence-corrected chi connectivity index (χ1v) is 16.9. The summed E-state index contributed by atoms with van der Waals surface area (Å²) in [6, 6.07) is 0. The van der Waals surface area contributed by atoms with Crippen LogP contribution in [0.15, 0.2) is 38.0 Å². The van der Waals surface area contributed by atoms with E-state index in [2.05, 4.69) is 19.7 Å². The smallest absolute Gasteiger partial charge is 0.330 e. The number of carboxylic acid groups (broad SMARTS) is 3. The first kappa shape index (κ1) is 42.1. The highest BCUT2D eigenvalue weighted by molar-refractivity contribution is 5.84. The Morgan fingerprint density at radius 3 is 0.875 bits per heavy atom. The van der Waals surface area contributed by atoms with Crippen molar-refractivity contribution in [1.29, 1.82) is 0 Å². The minimum atomic E-state index is -1.55. The Hall–Kier alpha value is -3.96. The second-order valence-electron chi connectivity index (χ2n) is 12.9. The summed E-state index contributed by atoms with van der Waals surface area (Å²) < 4.78 is 15.0. The molecule has 1 aliphatic rings. The Kier molecular flexibility index (Phi) is 19.1. The van der Waals surface area contributed by atoms with Crippen LogP contribution in [0, 0.1) is 16.2 Å². The van der Waals surface area contributed by atoms with Crippen molar-refractivity contribution in [2.24, 2.45) is 16.2 Å². The maximum atomic E-state index is 13.1. The van der Waals surface area contributed by atoms with E-state index >= 15 is 0 Å². The lowest BCUT2D eigenvalue weighted by Gasteiger charge is -2.51. The summed E-state index contributed by atoms with van der Waals surface area (Å²) >= 11 is 0. The van der Waals surface area contributed by atoms with E-state index < -0.39 is 52.1 Å². The second kappa shape index (κ2) is 21.8. The number of carbonyl (C=O) groups is 6. The number of rotatable bonds is 27. The van der Waals surface area contributed by atoms with Crippen LogP contribution in [0.1, 0.15) is 116 Å². The molecule has 1 fully saturated rings. The van der Waals surface area contributed by atoms with E-state index in [4.69, 9.17) is 14.2 Å². The summed E-state index contributed by atoms with van der Waals surface area (Å²) in [6.45, 7) is 10.6. The van der Waals surface area contributed by atoms with Gasteiger partial charge in [-0.2, -0.15) is 0 Å². The summed E-state index contributed by atoms with van der Waals surface area (Å²) in [4.78, 5) is 73.0. The molecule has 1 rings (SSSR count). The summed E-state index contributed by atoms with van der Waals surface area (Å²) in [6.07, 6.45) is 9.91. The van der Waals surface area contributed by atoms with Crippen LogP contribution in [0.25, 0.3) is 0 Å². The van der Waals surface area contributed by atoms with Gasteiger partial charge in [-0.05, 0) is 57.8 Å². The molecule has 0 aromatic carbocycles. The first-order chi connectivity index (χ1) is 22.8. The van der Waals surface area contributed by atoms with E-state index in [-0.39, 0.29) is 58.3 Å². The largest absolute Gasteiger partial charge is 0.481 e. The number of hydrogen-bond donors (Lipinski definition) is 3. The molecule has 12 nitrogen and oxygen atoms in total. The van der Waals surface area contributed by atoms with Gasteiger partial charge in [0, 0.05) is 18.2 Å². The zero-order valence-corrected chi connectivity index (χ0v) is 28.2. The molecular weight excluding hydrogens is 624 g/mol. The van der Waals surface area contributed by atoms with Crippen molar-refractivity contribution >= 4 is 35.8 Å². The van der Waals surface area contributed by atoms with Gasteiger partial charge >= 0.3 is 35.8 Å². The lowest BCUT2D eigenvalue weighted by molar-refractivity contribution is -0.181. The van der Waals surface area contributed by atoms with Gasteiger partial charge in [0.15, 0.2) is 0 Å². The Morgan fingerprint density at radius 2 is 0.667 bits per heavy atom. The van der Waals surface area contributed by atoms with E-state index in [1.807, 2.05) is 0 Å². The maximum Gasteiger partial charge on any atom is 0.330 e. The number of hydrogen-bond acceptors (Lipinski definition) is 9. The number of carboxylic acids is 3.